The summed E-state index contributed by atoms with van der Waals surface area (Å²) in [5.74, 6) is -0.183. The Bertz CT molecular complexity index is 402. The van der Waals surface area contributed by atoms with E-state index in [9.17, 15) is 4.79 Å². The predicted octanol–water partition coefficient (Wildman–Crippen LogP) is 4.48. The van der Waals surface area contributed by atoms with Crippen LogP contribution < -0.4 is 0 Å². The van der Waals surface area contributed by atoms with E-state index in [2.05, 4.69) is 6.08 Å². The molecule has 2 unspecified atom stereocenters. The molecular weight excluding hydrogens is 271 g/mol. The van der Waals surface area contributed by atoms with Gasteiger partial charge < -0.3 is 4.74 Å². The van der Waals surface area contributed by atoms with Crippen molar-refractivity contribution in [2.75, 3.05) is 6.61 Å². The first kappa shape index (κ1) is 15.6. The summed E-state index contributed by atoms with van der Waals surface area (Å²) in [7, 11) is 0. The molecule has 102 valence electrons. The maximum Gasteiger partial charge on any atom is 0.317 e. The topological polar surface area (TPSA) is 26.3 Å². The first-order valence-electron chi connectivity index (χ1n) is 6.06. The molecule has 18 heavy (non-hydrogen) atoms. The van der Waals surface area contributed by atoms with Crippen LogP contribution in [0.2, 0.25) is 0 Å². The van der Waals surface area contributed by atoms with Gasteiger partial charge in [0, 0.05) is 5.92 Å². The van der Waals surface area contributed by atoms with Gasteiger partial charge in [0.05, 0.1) is 6.61 Å². The van der Waals surface area contributed by atoms with E-state index in [1.807, 2.05) is 27.7 Å². The number of carbonyl (C=O) groups is 1. The van der Waals surface area contributed by atoms with Gasteiger partial charge in [-0.25, -0.2) is 0 Å². The molecular formula is C14H20Cl2O2. The molecule has 0 aromatic carbocycles. The monoisotopic (exact) mass is 290 g/mol. The van der Waals surface area contributed by atoms with Crippen molar-refractivity contribution in [2.45, 2.75) is 34.6 Å². The van der Waals surface area contributed by atoms with E-state index in [0.29, 0.717) is 6.61 Å². The van der Waals surface area contributed by atoms with Crippen molar-refractivity contribution in [3.63, 3.8) is 0 Å². The molecule has 0 N–H and O–H groups in total. The summed E-state index contributed by atoms with van der Waals surface area (Å²) in [6, 6.07) is 0. The second-order valence-electron chi connectivity index (χ2n) is 5.47. The highest BCUT2D eigenvalue weighted by Crippen LogP contribution is 2.71. The summed E-state index contributed by atoms with van der Waals surface area (Å²) in [6.07, 6.45) is 3.71. The fourth-order valence-corrected chi connectivity index (χ4v) is 3.00. The van der Waals surface area contributed by atoms with Crippen LogP contribution in [0.5, 0.6) is 0 Å². The molecule has 0 radical (unpaired) electrons. The van der Waals surface area contributed by atoms with Crippen LogP contribution in [0.3, 0.4) is 0 Å². The molecule has 0 saturated heterocycles. The predicted molar refractivity (Wildman–Crippen MR) is 75.6 cm³/mol. The van der Waals surface area contributed by atoms with Crippen LogP contribution >= 0.6 is 23.2 Å². The summed E-state index contributed by atoms with van der Waals surface area (Å²) in [5.41, 5.74) is 0.198. The lowest BCUT2D eigenvalue weighted by Crippen LogP contribution is -2.22. The number of allylic oxidation sites excluding steroid dienone is 2. The number of rotatable bonds is 4. The number of halogens is 2. The van der Waals surface area contributed by atoms with E-state index in [-0.39, 0.29) is 21.8 Å². The minimum atomic E-state index is -0.737. The molecule has 1 fully saturated rings. The van der Waals surface area contributed by atoms with Crippen LogP contribution in [0.1, 0.15) is 34.6 Å². The summed E-state index contributed by atoms with van der Waals surface area (Å²) < 4.78 is 5.30. The Morgan fingerprint density at radius 1 is 1.33 bits per heavy atom. The highest BCUT2D eigenvalue weighted by Gasteiger charge is 2.74. The zero-order chi connectivity index (χ0) is 14.1. The zero-order valence-corrected chi connectivity index (χ0v) is 13.0. The maximum absolute atomic E-state index is 12.3. The lowest BCUT2D eigenvalue weighted by Gasteiger charge is -2.14. The van der Waals surface area contributed by atoms with Gasteiger partial charge in [-0.1, -0.05) is 48.7 Å². The van der Waals surface area contributed by atoms with Gasteiger partial charge in [-0.3, -0.25) is 4.79 Å². The normalized spacial score (nSPS) is 28.3. The molecule has 0 spiro atoms. The largest absolute Gasteiger partial charge is 0.465 e. The second-order valence-corrected chi connectivity index (χ2v) is 6.47. The van der Waals surface area contributed by atoms with E-state index < -0.39 is 5.41 Å². The summed E-state index contributed by atoms with van der Waals surface area (Å²) in [6.45, 7) is 10.2. The SMILES string of the molecule is CCOC(=O)C1(C=C(Cl)Cl)C(C=C(C)C)C1(C)C. The molecule has 0 aliphatic heterocycles. The smallest absolute Gasteiger partial charge is 0.317 e. The lowest BCUT2D eigenvalue weighted by atomic mass is 9.96. The van der Waals surface area contributed by atoms with Gasteiger partial charge in [-0.2, -0.15) is 0 Å². The molecule has 0 aromatic rings. The molecule has 0 aromatic heterocycles. The number of carbonyl (C=O) groups excluding carboxylic acids is 1. The van der Waals surface area contributed by atoms with E-state index in [1.54, 1.807) is 13.0 Å². The molecule has 0 heterocycles. The standard InChI is InChI=1S/C14H20Cl2O2/c1-6-18-12(17)14(8-11(15)16)10(7-9(2)3)13(14,4)5/h7-8,10H,6H2,1-5H3. The third-order valence-corrected chi connectivity index (χ3v) is 3.92. The highest BCUT2D eigenvalue weighted by molar-refractivity contribution is 6.56. The van der Waals surface area contributed by atoms with Crippen LogP contribution in [0, 0.1) is 16.7 Å². The van der Waals surface area contributed by atoms with Gasteiger partial charge in [0.2, 0.25) is 0 Å². The maximum atomic E-state index is 12.3. The van der Waals surface area contributed by atoms with Crippen molar-refractivity contribution < 1.29 is 9.53 Å². The van der Waals surface area contributed by atoms with Crippen LogP contribution in [0.15, 0.2) is 22.2 Å². The number of hydrogen-bond acceptors (Lipinski definition) is 2. The van der Waals surface area contributed by atoms with Gasteiger partial charge in [0.15, 0.2) is 0 Å². The summed E-state index contributed by atoms with van der Waals surface area (Å²) >= 11 is 11.5. The molecule has 1 rings (SSSR count). The minimum Gasteiger partial charge on any atom is -0.465 e. The van der Waals surface area contributed by atoms with Crippen molar-refractivity contribution in [3.8, 4) is 0 Å². The lowest BCUT2D eigenvalue weighted by molar-refractivity contribution is -0.149. The third-order valence-electron chi connectivity index (χ3n) is 3.70. The summed E-state index contributed by atoms with van der Waals surface area (Å²) in [4.78, 5) is 12.3. The van der Waals surface area contributed by atoms with Crippen molar-refractivity contribution >= 4 is 29.2 Å². The number of esters is 1. The van der Waals surface area contributed by atoms with Gasteiger partial charge in [-0.05, 0) is 32.3 Å². The molecule has 0 amide bonds. The minimum absolute atomic E-state index is 0.0709. The fraction of sp³-hybridized carbons (Fsp3) is 0.643. The molecule has 4 heteroatoms. The molecule has 1 saturated carbocycles. The molecule has 1 aliphatic rings. The molecule has 0 bridgehead atoms. The van der Waals surface area contributed by atoms with Crippen molar-refractivity contribution in [1.82, 2.24) is 0 Å². The quantitative estimate of drug-likeness (QED) is 0.564. The van der Waals surface area contributed by atoms with Crippen LogP contribution in [0.25, 0.3) is 0 Å². The molecule has 1 aliphatic carbocycles. The Hall–Kier alpha value is -0.470. The van der Waals surface area contributed by atoms with E-state index >= 15 is 0 Å². The highest BCUT2D eigenvalue weighted by atomic mass is 35.5. The van der Waals surface area contributed by atoms with E-state index in [4.69, 9.17) is 27.9 Å². The van der Waals surface area contributed by atoms with Crippen LogP contribution in [0.4, 0.5) is 0 Å². The second kappa shape index (κ2) is 5.26. The first-order valence-corrected chi connectivity index (χ1v) is 6.81. The zero-order valence-electron chi connectivity index (χ0n) is 11.5. The summed E-state index contributed by atoms with van der Waals surface area (Å²) in [5, 5.41) is 0. The van der Waals surface area contributed by atoms with Crippen molar-refractivity contribution in [3.05, 3.63) is 22.2 Å². The Morgan fingerprint density at radius 3 is 2.28 bits per heavy atom. The Balaban J connectivity index is 3.21. The van der Waals surface area contributed by atoms with Crippen LogP contribution in [-0.4, -0.2) is 12.6 Å². The average Bonchev–Trinajstić information content (AvgIpc) is 2.64. The Labute approximate surface area is 119 Å². The van der Waals surface area contributed by atoms with Gasteiger partial charge in [-0.15, -0.1) is 0 Å². The van der Waals surface area contributed by atoms with Gasteiger partial charge in [0.1, 0.15) is 9.91 Å². The Kier molecular flexibility index (Phi) is 4.56. The Morgan fingerprint density at radius 2 is 1.89 bits per heavy atom. The first-order chi connectivity index (χ1) is 8.20. The third kappa shape index (κ3) is 2.46. The molecule has 2 atom stereocenters. The number of hydrogen-bond donors (Lipinski definition) is 0. The van der Waals surface area contributed by atoms with Crippen molar-refractivity contribution in [1.29, 1.82) is 0 Å². The average molecular weight is 291 g/mol. The van der Waals surface area contributed by atoms with E-state index in [0.717, 1.165) is 0 Å². The van der Waals surface area contributed by atoms with Gasteiger partial charge >= 0.3 is 5.97 Å². The van der Waals surface area contributed by atoms with Gasteiger partial charge in [0.25, 0.3) is 0 Å². The fourth-order valence-electron chi connectivity index (χ4n) is 2.66. The van der Waals surface area contributed by atoms with Crippen LogP contribution in [-0.2, 0) is 9.53 Å². The van der Waals surface area contributed by atoms with E-state index in [1.165, 1.54) is 5.57 Å². The molecule has 2 nitrogen and oxygen atoms in total. The van der Waals surface area contributed by atoms with Crippen molar-refractivity contribution in [2.24, 2.45) is 16.7 Å². The number of ether oxygens (including phenoxy) is 1.